The predicted octanol–water partition coefficient (Wildman–Crippen LogP) is 20.1. The quantitative estimate of drug-likeness (QED) is 0.0954. The van der Waals surface area contributed by atoms with Crippen LogP contribution in [-0.2, 0) is 0 Å². The number of hydrogen-bond donors (Lipinski definition) is 0. The second-order valence-electron chi connectivity index (χ2n) is 21.2. The van der Waals surface area contributed by atoms with Gasteiger partial charge < -0.3 is 9.47 Å². The lowest BCUT2D eigenvalue weighted by molar-refractivity contribution is 0.412. The third-order valence-corrected chi connectivity index (χ3v) is 14.2. The Balaban J connectivity index is 1.57. The zero-order valence-corrected chi connectivity index (χ0v) is 44.3. The van der Waals surface area contributed by atoms with Crippen LogP contribution < -0.4 is 9.47 Å². The van der Waals surface area contributed by atoms with Gasteiger partial charge in [-0.3, -0.25) is 0 Å². The van der Waals surface area contributed by atoms with Gasteiger partial charge in [0.15, 0.2) is 0 Å². The average molecular weight is 923 g/mol. The summed E-state index contributed by atoms with van der Waals surface area (Å²) in [5, 5.41) is 4.52. The van der Waals surface area contributed by atoms with Gasteiger partial charge >= 0.3 is 0 Å². The maximum absolute atomic E-state index is 6.97. The lowest BCUT2D eigenvalue weighted by Crippen LogP contribution is -2.07. The highest BCUT2D eigenvalue weighted by Crippen LogP contribution is 2.55. The van der Waals surface area contributed by atoms with E-state index in [0.717, 1.165) is 66.4 Å². The molecule has 2 nitrogen and oxygen atoms in total. The van der Waals surface area contributed by atoms with Gasteiger partial charge in [-0.05, 0) is 148 Å². The Kier molecular flexibility index (Phi) is 15.0. The van der Waals surface area contributed by atoms with Gasteiger partial charge in [0.1, 0.15) is 11.5 Å². The third-order valence-electron chi connectivity index (χ3n) is 14.2. The second-order valence-corrected chi connectivity index (χ2v) is 21.2. The average Bonchev–Trinajstić information content (AvgIpc) is 3.35. The van der Waals surface area contributed by atoms with E-state index in [4.69, 9.17) is 9.47 Å². The van der Waals surface area contributed by atoms with Crippen molar-refractivity contribution in [2.45, 2.75) is 119 Å². The van der Waals surface area contributed by atoms with E-state index >= 15 is 0 Å². The fourth-order valence-corrected chi connectivity index (χ4v) is 10.4. The zero-order valence-electron chi connectivity index (χ0n) is 44.3. The molecule has 0 heterocycles. The molecule has 0 aliphatic heterocycles. The summed E-state index contributed by atoms with van der Waals surface area (Å²) in [4.78, 5) is 0. The van der Waals surface area contributed by atoms with Gasteiger partial charge in [0.05, 0.1) is 14.2 Å². The number of rotatable bonds is 15. The number of methoxy groups -OCH3 is 2. The standard InChI is InChI=1S/C68H74O2/c1-41(2)51-35-57(43(5)6)63(58(36-51)44(7)8)61-39-53-33-49(27-25-47-21-17-15-18-22-47)29-31-55(53)65(67(61)69-13)66-56-32-30-50(28-26-48-23-19-16-20-24-48)34-54(56)40-62(68(66)70-14)64-59(45(9)10)37-52(42(3)4)38-60(64)46(11)12/h15-46H,1-14H3/b27-25+,28-26+. The fourth-order valence-electron chi connectivity index (χ4n) is 10.4. The molecule has 2 heteroatoms. The van der Waals surface area contributed by atoms with E-state index in [9.17, 15) is 0 Å². The Morgan fingerprint density at radius 2 is 0.629 bits per heavy atom. The monoisotopic (exact) mass is 923 g/mol. The molecular formula is C68H74O2. The van der Waals surface area contributed by atoms with Gasteiger partial charge in [-0.25, -0.2) is 0 Å². The van der Waals surface area contributed by atoms with Crippen molar-refractivity contribution in [3.8, 4) is 44.9 Å². The summed E-state index contributed by atoms with van der Waals surface area (Å²) in [7, 11) is 3.72. The van der Waals surface area contributed by atoms with Gasteiger partial charge in [0, 0.05) is 22.3 Å². The third kappa shape index (κ3) is 10.0. The lowest BCUT2D eigenvalue weighted by atomic mass is 9.78. The fraction of sp³-hybridized carbons (Fsp3) is 0.294. The van der Waals surface area contributed by atoms with Crippen LogP contribution in [0.25, 0.3) is 79.2 Å². The maximum Gasteiger partial charge on any atom is 0.135 e. The Morgan fingerprint density at radius 3 is 0.914 bits per heavy atom. The molecule has 0 radical (unpaired) electrons. The summed E-state index contributed by atoms with van der Waals surface area (Å²) >= 11 is 0. The summed E-state index contributed by atoms with van der Waals surface area (Å²) in [6.07, 6.45) is 8.88. The normalized spacial score (nSPS) is 12.2. The highest BCUT2D eigenvalue weighted by molar-refractivity contribution is 6.15. The van der Waals surface area contributed by atoms with Gasteiger partial charge in [-0.15, -0.1) is 0 Å². The minimum absolute atomic E-state index is 0.272. The molecule has 8 rings (SSSR count). The molecule has 0 amide bonds. The van der Waals surface area contributed by atoms with Crippen molar-refractivity contribution in [2.24, 2.45) is 0 Å². The SMILES string of the molecule is COc1c(-c2c(C(C)C)cc(C(C)C)cc2C(C)C)cc2cc(/C=C/c3ccccc3)ccc2c1-c1c(OC)c(-c2c(C(C)C)cc(C(C)C)cc2C(C)C)cc2cc(/C=C/c3ccccc3)ccc12. The summed E-state index contributed by atoms with van der Waals surface area (Å²) in [5.41, 5.74) is 19.5. The van der Waals surface area contributed by atoms with Crippen LogP contribution in [0.2, 0.25) is 0 Å². The molecule has 8 aromatic carbocycles. The van der Waals surface area contributed by atoms with Crippen LogP contribution in [0.4, 0.5) is 0 Å². The minimum atomic E-state index is 0.272. The lowest BCUT2D eigenvalue weighted by Gasteiger charge is -2.28. The van der Waals surface area contributed by atoms with Crippen LogP contribution in [0.3, 0.4) is 0 Å². The van der Waals surface area contributed by atoms with Crippen molar-refractivity contribution in [1.29, 1.82) is 0 Å². The first-order valence-electron chi connectivity index (χ1n) is 25.7. The van der Waals surface area contributed by atoms with Crippen LogP contribution in [0.5, 0.6) is 11.5 Å². The molecule has 0 atom stereocenters. The zero-order chi connectivity index (χ0) is 50.0. The molecule has 0 bridgehead atoms. The van der Waals surface area contributed by atoms with Gasteiger partial charge in [-0.2, -0.15) is 0 Å². The Labute approximate surface area is 420 Å². The molecule has 0 aromatic heterocycles. The summed E-state index contributed by atoms with van der Waals surface area (Å²) < 4.78 is 13.9. The van der Waals surface area contributed by atoms with E-state index in [2.05, 4.69) is 241 Å². The summed E-state index contributed by atoms with van der Waals surface area (Å²) in [5.74, 6) is 3.59. The van der Waals surface area contributed by atoms with Gasteiger partial charge in [0.2, 0.25) is 0 Å². The molecule has 0 N–H and O–H groups in total. The largest absolute Gasteiger partial charge is 0.495 e. The van der Waals surface area contributed by atoms with Gasteiger partial charge in [0.25, 0.3) is 0 Å². The molecule has 0 unspecified atom stereocenters. The Hall–Kier alpha value is -6.64. The van der Waals surface area contributed by atoms with Crippen LogP contribution >= 0.6 is 0 Å². The molecule has 0 fully saturated rings. The first-order valence-corrected chi connectivity index (χ1v) is 25.7. The van der Waals surface area contributed by atoms with E-state index in [1.807, 2.05) is 14.2 Å². The van der Waals surface area contributed by atoms with Crippen molar-refractivity contribution < 1.29 is 9.47 Å². The number of benzene rings is 8. The topological polar surface area (TPSA) is 18.5 Å². The van der Waals surface area contributed by atoms with Gasteiger partial charge in [-0.1, -0.05) is 217 Å². The molecule has 0 aliphatic carbocycles. The van der Waals surface area contributed by atoms with E-state index in [0.29, 0.717) is 11.8 Å². The van der Waals surface area contributed by atoms with E-state index in [1.165, 1.54) is 55.6 Å². The smallest absolute Gasteiger partial charge is 0.135 e. The van der Waals surface area contributed by atoms with Crippen LogP contribution in [0.15, 0.2) is 133 Å². The van der Waals surface area contributed by atoms with Crippen LogP contribution in [0.1, 0.15) is 174 Å². The second kappa shape index (κ2) is 21.2. The molecule has 70 heavy (non-hydrogen) atoms. The highest BCUT2D eigenvalue weighted by Gasteiger charge is 2.30. The number of fused-ring (bicyclic) bond motifs is 2. The summed E-state index contributed by atoms with van der Waals surface area (Å²) in [6, 6.07) is 49.6. The van der Waals surface area contributed by atoms with Crippen molar-refractivity contribution in [3.05, 3.63) is 189 Å². The first kappa shape index (κ1) is 49.8. The highest BCUT2D eigenvalue weighted by atomic mass is 16.5. The van der Waals surface area contributed by atoms with Crippen molar-refractivity contribution in [1.82, 2.24) is 0 Å². The first-order chi connectivity index (χ1) is 33.6. The number of ether oxygens (including phenoxy) is 2. The van der Waals surface area contributed by atoms with Crippen molar-refractivity contribution in [2.75, 3.05) is 14.2 Å². The Morgan fingerprint density at radius 1 is 0.314 bits per heavy atom. The molecule has 0 aliphatic rings. The minimum Gasteiger partial charge on any atom is -0.495 e. The van der Waals surface area contributed by atoms with Crippen LogP contribution in [-0.4, -0.2) is 14.2 Å². The molecular weight excluding hydrogens is 849 g/mol. The predicted molar refractivity (Wildman–Crippen MR) is 306 cm³/mol. The van der Waals surface area contributed by atoms with Crippen LogP contribution in [0, 0.1) is 0 Å². The maximum atomic E-state index is 6.97. The molecule has 0 spiro atoms. The molecule has 0 saturated carbocycles. The van der Waals surface area contributed by atoms with E-state index in [1.54, 1.807) is 0 Å². The molecule has 358 valence electrons. The Bertz CT molecular complexity index is 2940. The van der Waals surface area contributed by atoms with Crippen molar-refractivity contribution >= 4 is 45.8 Å². The molecule has 8 aromatic rings. The summed E-state index contributed by atoms with van der Waals surface area (Å²) in [6.45, 7) is 27.9. The van der Waals surface area contributed by atoms with E-state index < -0.39 is 0 Å². The van der Waals surface area contributed by atoms with E-state index in [-0.39, 0.29) is 23.7 Å². The molecule has 0 saturated heterocycles. The van der Waals surface area contributed by atoms with Crippen molar-refractivity contribution in [3.63, 3.8) is 0 Å². The number of hydrogen-bond acceptors (Lipinski definition) is 2.